The summed E-state index contributed by atoms with van der Waals surface area (Å²) < 4.78 is 28.4. The van der Waals surface area contributed by atoms with Crippen LogP contribution in [0, 0.1) is 6.92 Å². The van der Waals surface area contributed by atoms with Crippen molar-refractivity contribution in [1.29, 1.82) is 0 Å². The molecule has 0 aromatic carbocycles. The van der Waals surface area contributed by atoms with Gasteiger partial charge in [0, 0.05) is 17.5 Å². The monoisotopic (exact) mass is 380 g/mol. The third kappa shape index (κ3) is 3.44. The Morgan fingerprint density at radius 1 is 1.50 bits per heavy atom. The molecule has 2 rings (SSSR count). The summed E-state index contributed by atoms with van der Waals surface area (Å²) in [6.45, 7) is 3.36. The summed E-state index contributed by atoms with van der Waals surface area (Å²) >= 11 is 4.86. The first kappa shape index (κ1) is 16.4. The van der Waals surface area contributed by atoms with Crippen molar-refractivity contribution in [1.82, 2.24) is 9.62 Å². The maximum absolute atomic E-state index is 12.9. The van der Waals surface area contributed by atoms with E-state index in [9.17, 15) is 8.42 Å². The molecule has 1 aliphatic heterocycles. The van der Waals surface area contributed by atoms with Gasteiger partial charge in [-0.2, -0.15) is 4.31 Å². The van der Waals surface area contributed by atoms with E-state index in [2.05, 4.69) is 21.2 Å². The molecular formula is C13H21BrN2O2S2. The smallest absolute Gasteiger partial charge is 0.244 e. The molecule has 20 heavy (non-hydrogen) atoms. The number of piperidine rings is 1. The lowest BCUT2D eigenvalue weighted by Gasteiger charge is -2.34. The molecule has 1 saturated heterocycles. The van der Waals surface area contributed by atoms with Gasteiger partial charge in [0.1, 0.15) is 0 Å². The molecule has 7 heteroatoms. The van der Waals surface area contributed by atoms with Crippen LogP contribution < -0.4 is 5.32 Å². The van der Waals surface area contributed by atoms with Crippen molar-refractivity contribution in [2.45, 2.75) is 43.5 Å². The highest BCUT2D eigenvalue weighted by Gasteiger charge is 2.34. The number of halogens is 1. The molecule has 1 aromatic heterocycles. The minimum Gasteiger partial charge on any atom is -0.320 e. The van der Waals surface area contributed by atoms with Crippen molar-refractivity contribution in [3.8, 4) is 0 Å². The highest BCUT2D eigenvalue weighted by molar-refractivity contribution is 9.11. The van der Waals surface area contributed by atoms with Crippen LogP contribution in [0.4, 0.5) is 0 Å². The number of hydrogen-bond acceptors (Lipinski definition) is 4. The summed E-state index contributed by atoms with van der Waals surface area (Å²) in [4.78, 5) is 1.32. The topological polar surface area (TPSA) is 49.4 Å². The number of aryl methyl sites for hydroxylation is 1. The van der Waals surface area contributed by atoms with Gasteiger partial charge in [-0.25, -0.2) is 8.42 Å². The van der Waals surface area contributed by atoms with Crippen molar-refractivity contribution >= 4 is 37.3 Å². The van der Waals surface area contributed by atoms with E-state index in [1.54, 1.807) is 10.4 Å². The number of nitrogens with zero attached hydrogens (tertiary/aromatic N) is 1. The molecular weight excluding hydrogens is 360 g/mol. The molecule has 0 saturated carbocycles. The quantitative estimate of drug-likeness (QED) is 0.853. The summed E-state index contributed by atoms with van der Waals surface area (Å²) in [6.07, 6.45) is 3.91. The fourth-order valence-electron chi connectivity index (χ4n) is 2.70. The maximum atomic E-state index is 12.9. The predicted octanol–water partition coefficient (Wildman–Crippen LogP) is 2.97. The van der Waals surface area contributed by atoms with Gasteiger partial charge in [-0.15, -0.1) is 11.3 Å². The normalized spacial score (nSPS) is 21.2. The number of nitrogens with one attached hydrogen (secondary N) is 1. The molecule has 0 amide bonds. The van der Waals surface area contributed by atoms with E-state index in [0.717, 1.165) is 40.9 Å². The van der Waals surface area contributed by atoms with E-state index in [1.807, 2.05) is 14.0 Å². The van der Waals surface area contributed by atoms with Crippen molar-refractivity contribution in [2.75, 3.05) is 20.1 Å². The van der Waals surface area contributed by atoms with Crippen LogP contribution >= 0.6 is 27.3 Å². The lowest BCUT2D eigenvalue weighted by Crippen LogP contribution is -2.44. The maximum Gasteiger partial charge on any atom is 0.244 e. The largest absolute Gasteiger partial charge is 0.320 e. The third-order valence-electron chi connectivity index (χ3n) is 3.73. The summed E-state index contributed by atoms with van der Waals surface area (Å²) in [5, 5.41) is 3.12. The molecule has 114 valence electrons. The Labute approximate surface area is 133 Å². The van der Waals surface area contributed by atoms with E-state index >= 15 is 0 Å². The minimum absolute atomic E-state index is 0.124. The fourth-order valence-corrected chi connectivity index (χ4v) is 6.81. The lowest BCUT2D eigenvalue weighted by atomic mass is 10.0. The first-order valence-corrected chi connectivity index (χ1v) is 9.94. The number of sulfonamides is 1. The first-order chi connectivity index (χ1) is 9.46. The molecule has 1 unspecified atom stereocenters. The molecule has 4 nitrogen and oxygen atoms in total. The van der Waals surface area contributed by atoms with E-state index in [0.29, 0.717) is 11.4 Å². The Hall–Kier alpha value is 0.0500. The second kappa shape index (κ2) is 6.87. The van der Waals surface area contributed by atoms with Gasteiger partial charge in [0.2, 0.25) is 10.0 Å². The lowest BCUT2D eigenvalue weighted by molar-refractivity contribution is 0.240. The number of thiophene rings is 1. The van der Waals surface area contributed by atoms with Crippen LogP contribution in [0.5, 0.6) is 0 Å². The van der Waals surface area contributed by atoms with Gasteiger partial charge in [-0.1, -0.05) is 6.42 Å². The number of hydrogen-bond donors (Lipinski definition) is 1. The second-order valence-electron chi connectivity index (χ2n) is 5.13. The van der Waals surface area contributed by atoms with Crippen molar-refractivity contribution in [2.24, 2.45) is 0 Å². The van der Waals surface area contributed by atoms with E-state index < -0.39 is 10.0 Å². The predicted molar refractivity (Wildman–Crippen MR) is 86.8 cm³/mol. The van der Waals surface area contributed by atoms with Crippen molar-refractivity contribution < 1.29 is 8.42 Å². The van der Waals surface area contributed by atoms with Crippen molar-refractivity contribution in [3.63, 3.8) is 0 Å². The fraction of sp³-hybridized carbons (Fsp3) is 0.692. The van der Waals surface area contributed by atoms with Crippen LogP contribution in [0.15, 0.2) is 14.7 Å². The Balaban J connectivity index is 2.28. The molecule has 0 spiro atoms. The molecule has 2 heterocycles. The third-order valence-corrected chi connectivity index (χ3v) is 7.49. The zero-order chi connectivity index (χ0) is 14.8. The van der Waals surface area contributed by atoms with Crippen molar-refractivity contribution in [3.05, 3.63) is 14.7 Å². The van der Waals surface area contributed by atoms with Crippen LogP contribution in [0.1, 0.15) is 30.6 Å². The van der Waals surface area contributed by atoms with Gasteiger partial charge in [0.05, 0.1) is 8.68 Å². The Morgan fingerprint density at radius 3 is 2.85 bits per heavy atom. The highest BCUT2D eigenvalue weighted by atomic mass is 79.9. The van der Waals surface area contributed by atoms with E-state index in [1.165, 1.54) is 11.3 Å². The molecule has 1 aromatic rings. The summed E-state index contributed by atoms with van der Waals surface area (Å²) in [6, 6.07) is 1.86. The van der Waals surface area contributed by atoms with E-state index in [4.69, 9.17) is 0 Å². The van der Waals surface area contributed by atoms with Crippen LogP contribution in [0.2, 0.25) is 0 Å². The summed E-state index contributed by atoms with van der Waals surface area (Å²) in [5.41, 5.74) is 0. The average Bonchev–Trinajstić information content (AvgIpc) is 2.76. The minimum atomic E-state index is -3.37. The molecule has 0 bridgehead atoms. The van der Waals surface area contributed by atoms with Gasteiger partial charge in [0.15, 0.2) is 0 Å². The van der Waals surface area contributed by atoms with Crippen LogP contribution in [-0.4, -0.2) is 38.9 Å². The molecule has 1 fully saturated rings. The average molecular weight is 381 g/mol. The standard InChI is InChI=1S/C13H21BrN2O2S2/c1-10-12(9-13(14)19-10)20(17,18)16-8-4-3-5-11(16)6-7-15-2/h9,11,15H,3-8H2,1-2H3. The summed E-state index contributed by atoms with van der Waals surface area (Å²) in [5.74, 6) is 0. The van der Waals surface area contributed by atoms with Crippen LogP contribution in [0.25, 0.3) is 0 Å². The van der Waals surface area contributed by atoms with E-state index in [-0.39, 0.29) is 6.04 Å². The molecule has 1 N–H and O–H groups in total. The number of rotatable bonds is 5. The van der Waals surface area contributed by atoms with Crippen LogP contribution in [-0.2, 0) is 10.0 Å². The zero-order valence-corrected chi connectivity index (χ0v) is 15.1. The molecule has 1 aliphatic rings. The molecule has 0 radical (unpaired) electrons. The molecule has 0 aliphatic carbocycles. The van der Waals surface area contributed by atoms with Gasteiger partial charge in [-0.05, 0) is 61.8 Å². The first-order valence-electron chi connectivity index (χ1n) is 6.89. The van der Waals surface area contributed by atoms with Gasteiger partial charge >= 0.3 is 0 Å². The molecule has 1 atom stereocenters. The SMILES string of the molecule is CNCCC1CCCCN1S(=O)(=O)c1cc(Br)sc1C. The zero-order valence-electron chi connectivity index (χ0n) is 11.9. The Kier molecular flexibility index (Phi) is 5.64. The summed E-state index contributed by atoms with van der Waals surface area (Å²) in [7, 11) is -1.46. The van der Waals surface area contributed by atoms with Gasteiger partial charge in [0.25, 0.3) is 0 Å². The highest BCUT2D eigenvalue weighted by Crippen LogP contribution is 2.34. The second-order valence-corrected chi connectivity index (χ2v) is 9.62. The van der Waals surface area contributed by atoms with Crippen LogP contribution in [0.3, 0.4) is 0 Å². The Morgan fingerprint density at radius 2 is 2.25 bits per heavy atom. The van der Waals surface area contributed by atoms with Gasteiger partial charge < -0.3 is 5.32 Å². The van der Waals surface area contributed by atoms with Gasteiger partial charge in [-0.3, -0.25) is 0 Å². The Bertz CT molecular complexity index is 557.